The van der Waals surface area contributed by atoms with Gasteiger partial charge in [-0.1, -0.05) is 48.0 Å². The number of benzene rings is 4. The molecule has 0 saturated heterocycles. The lowest BCUT2D eigenvalue weighted by Crippen LogP contribution is -2.35. The normalized spacial score (nSPS) is 12.3. The van der Waals surface area contributed by atoms with E-state index in [2.05, 4.69) is 15.1 Å². The number of fused-ring (bicyclic) bond motifs is 1. The van der Waals surface area contributed by atoms with Gasteiger partial charge < -0.3 is 10.1 Å². The van der Waals surface area contributed by atoms with Crippen LogP contribution in [0, 0.1) is 27.7 Å². The van der Waals surface area contributed by atoms with E-state index >= 15 is 0 Å². The minimum Gasteiger partial charge on any atom is -0.457 e. The Kier molecular flexibility index (Phi) is 8.66. The van der Waals surface area contributed by atoms with Gasteiger partial charge in [-0.15, -0.1) is 0 Å². The zero-order valence-corrected chi connectivity index (χ0v) is 25.8. The maximum atomic E-state index is 13.2. The van der Waals surface area contributed by atoms with Crippen LogP contribution in [0.5, 0.6) is 0 Å². The minimum absolute atomic E-state index is 0.199. The van der Waals surface area contributed by atoms with Gasteiger partial charge in [-0.2, -0.15) is 5.10 Å². The Balaban J connectivity index is 1.29. The summed E-state index contributed by atoms with van der Waals surface area (Å²) in [6.07, 6.45) is 1.79. The van der Waals surface area contributed by atoms with Gasteiger partial charge in [-0.05, 0) is 93.3 Å². The van der Waals surface area contributed by atoms with Crippen LogP contribution in [0.1, 0.15) is 45.1 Å². The lowest BCUT2D eigenvalue weighted by molar-refractivity contribution is 0.0472. The number of aromatic nitrogens is 2. The van der Waals surface area contributed by atoms with Crippen LogP contribution in [-0.4, -0.2) is 36.8 Å². The van der Waals surface area contributed by atoms with E-state index in [1.54, 1.807) is 18.3 Å². The molecule has 8 nitrogen and oxygen atoms in total. The number of carbonyl (C=O) groups is 1. The summed E-state index contributed by atoms with van der Waals surface area (Å²) >= 11 is 0. The number of carbonyl (C=O) groups excluding carboxylic acids is 1. The predicted octanol–water partition coefficient (Wildman–Crippen LogP) is 6.40. The van der Waals surface area contributed by atoms with Gasteiger partial charge in [0.25, 0.3) is 0 Å². The van der Waals surface area contributed by atoms with E-state index in [4.69, 9.17) is 4.74 Å². The average Bonchev–Trinajstić information content (AvgIpc) is 3.39. The summed E-state index contributed by atoms with van der Waals surface area (Å²) in [6, 6.07) is 24.4. The van der Waals surface area contributed by atoms with E-state index < -0.39 is 10.0 Å². The third-order valence-corrected chi connectivity index (χ3v) is 8.98. The Morgan fingerprint density at radius 1 is 0.907 bits per heavy atom. The summed E-state index contributed by atoms with van der Waals surface area (Å²) in [4.78, 5) is 12.9. The van der Waals surface area contributed by atoms with Crippen LogP contribution in [0.25, 0.3) is 16.6 Å². The Bertz CT molecular complexity index is 1860. The Labute approximate surface area is 252 Å². The second-order valence-corrected chi connectivity index (χ2v) is 12.7. The van der Waals surface area contributed by atoms with Crippen molar-refractivity contribution in [3.63, 3.8) is 0 Å². The molecule has 4 aromatic carbocycles. The van der Waals surface area contributed by atoms with E-state index in [1.165, 1.54) is 0 Å². The molecule has 5 aromatic rings. The van der Waals surface area contributed by atoms with Crippen molar-refractivity contribution in [2.75, 3.05) is 11.9 Å². The third kappa shape index (κ3) is 6.79. The predicted molar refractivity (Wildman–Crippen MR) is 170 cm³/mol. The highest BCUT2D eigenvalue weighted by molar-refractivity contribution is 7.89. The number of hydrogen-bond acceptors (Lipinski definition) is 6. The number of rotatable bonds is 10. The molecule has 0 bridgehead atoms. The number of anilines is 1. The molecule has 222 valence electrons. The van der Waals surface area contributed by atoms with Gasteiger partial charge in [-0.25, -0.2) is 22.6 Å². The van der Waals surface area contributed by atoms with Crippen LogP contribution < -0.4 is 10.0 Å². The summed E-state index contributed by atoms with van der Waals surface area (Å²) in [5.74, 6) is -0.389. The molecule has 0 radical (unpaired) electrons. The lowest BCUT2D eigenvalue weighted by Gasteiger charge is -2.19. The minimum atomic E-state index is -3.68. The largest absolute Gasteiger partial charge is 0.457 e. The van der Waals surface area contributed by atoms with E-state index in [0.717, 1.165) is 50.1 Å². The second-order valence-electron chi connectivity index (χ2n) is 11.0. The topological polar surface area (TPSA) is 102 Å². The van der Waals surface area contributed by atoms with E-state index in [-0.39, 0.29) is 25.2 Å². The van der Waals surface area contributed by atoms with Crippen LogP contribution in [0.2, 0.25) is 0 Å². The standard InChI is InChI=1S/C34H36N4O4S/c1-22-15-24(3)33(25(4)16-22)43(40,41)36-19-26(5)37-31-17-23(2)18-32-30(31)20-35-38(32)29-13-11-28(12-14-29)34(39)42-21-27-9-7-6-8-10-27/h6-18,20,26,36-37H,19,21H2,1-5H3/t26-/m1/s1. The van der Waals surface area contributed by atoms with Gasteiger partial charge in [0.15, 0.2) is 0 Å². The van der Waals surface area contributed by atoms with Gasteiger partial charge in [0, 0.05) is 23.7 Å². The van der Waals surface area contributed by atoms with Crippen molar-refractivity contribution in [3.05, 3.63) is 118 Å². The molecular formula is C34H36N4O4S. The maximum Gasteiger partial charge on any atom is 0.338 e. The molecule has 1 heterocycles. The number of esters is 1. The fourth-order valence-corrected chi connectivity index (χ4v) is 6.93. The molecule has 0 aliphatic carbocycles. The van der Waals surface area contributed by atoms with Crippen molar-refractivity contribution in [2.24, 2.45) is 0 Å². The van der Waals surface area contributed by atoms with Crippen LogP contribution >= 0.6 is 0 Å². The molecule has 1 aromatic heterocycles. The molecule has 0 unspecified atom stereocenters. The van der Waals surface area contributed by atoms with Gasteiger partial charge >= 0.3 is 5.97 Å². The second kappa shape index (κ2) is 12.4. The number of sulfonamides is 1. The van der Waals surface area contributed by atoms with Crippen LogP contribution in [0.15, 0.2) is 90.0 Å². The monoisotopic (exact) mass is 596 g/mol. The van der Waals surface area contributed by atoms with Crippen molar-refractivity contribution in [2.45, 2.75) is 52.2 Å². The maximum absolute atomic E-state index is 13.2. The fourth-order valence-electron chi connectivity index (χ4n) is 5.35. The smallest absolute Gasteiger partial charge is 0.338 e. The van der Waals surface area contributed by atoms with Crippen molar-refractivity contribution in [3.8, 4) is 5.69 Å². The molecule has 0 aliphatic rings. The molecule has 9 heteroatoms. The molecule has 0 fully saturated rings. The lowest BCUT2D eigenvalue weighted by atomic mass is 10.1. The molecule has 1 atom stereocenters. The molecule has 0 spiro atoms. The highest BCUT2D eigenvalue weighted by Crippen LogP contribution is 2.28. The van der Waals surface area contributed by atoms with Crippen molar-refractivity contribution in [1.82, 2.24) is 14.5 Å². The molecule has 0 amide bonds. The van der Waals surface area contributed by atoms with Crippen molar-refractivity contribution in [1.29, 1.82) is 0 Å². The van der Waals surface area contributed by atoms with E-state index in [0.29, 0.717) is 10.5 Å². The Morgan fingerprint density at radius 3 is 2.23 bits per heavy atom. The molecular weight excluding hydrogens is 560 g/mol. The zero-order chi connectivity index (χ0) is 30.7. The van der Waals surface area contributed by atoms with E-state index in [9.17, 15) is 13.2 Å². The third-order valence-electron chi connectivity index (χ3n) is 7.25. The number of nitrogens with one attached hydrogen (secondary N) is 2. The highest BCUT2D eigenvalue weighted by Gasteiger charge is 2.21. The SMILES string of the molecule is Cc1cc(C)c(S(=O)(=O)NC[C@@H](C)Nc2cc(C)cc3c2cnn3-c2ccc(C(=O)OCc3ccccc3)cc2)c(C)c1. The summed E-state index contributed by atoms with van der Waals surface area (Å²) in [5, 5.41) is 8.99. The molecule has 43 heavy (non-hydrogen) atoms. The van der Waals surface area contributed by atoms with Crippen LogP contribution in [0.3, 0.4) is 0 Å². The quantitative estimate of drug-likeness (QED) is 0.181. The number of aryl methyl sites for hydroxylation is 4. The number of hydrogen-bond donors (Lipinski definition) is 2. The van der Waals surface area contributed by atoms with Crippen LogP contribution in [0.4, 0.5) is 5.69 Å². The first-order valence-electron chi connectivity index (χ1n) is 14.2. The first-order valence-corrected chi connectivity index (χ1v) is 15.6. The first kappa shape index (κ1) is 30.0. The Hall–Kier alpha value is -4.47. The summed E-state index contributed by atoms with van der Waals surface area (Å²) in [6.45, 7) is 9.96. The number of nitrogens with zero attached hydrogens (tertiary/aromatic N) is 2. The van der Waals surface area contributed by atoms with Gasteiger partial charge in [-0.3, -0.25) is 0 Å². The summed E-state index contributed by atoms with van der Waals surface area (Å²) < 4.78 is 36.4. The van der Waals surface area contributed by atoms with Gasteiger partial charge in [0.2, 0.25) is 10.0 Å². The Morgan fingerprint density at radius 2 is 1.56 bits per heavy atom. The molecule has 2 N–H and O–H groups in total. The van der Waals surface area contributed by atoms with Crippen molar-refractivity contribution >= 4 is 32.6 Å². The first-order chi connectivity index (χ1) is 20.5. The van der Waals surface area contributed by atoms with Gasteiger partial charge in [0.05, 0.1) is 27.9 Å². The highest BCUT2D eigenvalue weighted by atomic mass is 32.2. The molecule has 0 aliphatic heterocycles. The average molecular weight is 597 g/mol. The fraction of sp³-hybridized carbons (Fsp3) is 0.235. The van der Waals surface area contributed by atoms with Crippen LogP contribution in [-0.2, 0) is 21.4 Å². The van der Waals surface area contributed by atoms with E-state index in [1.807, 2.05) is 106 Å². The summed E-state index contributed by atoms with van der Waals surface area (Å²) in [5.41, 5.74) is 7.46. The van der Waals surface area contributed by atoms with Crippen molar-refractivity contribution < 1.29 is 17.9 Å². The molecule has 5 rings (SSSR count). The van der Waals surface area contributed by atoms with Gasteiger partial charge in [0.1, 0.15) is 6.61 Å². The summed E-state index contributed by atoms with van der Waals surface area (Å²) in [7, 11) is -3.68. The number of ether oxygens (including phenoxy) is 1. The zero-order valence-electron chi connectivity index (χ0n) is 25.0. The molecule has 0 saturated carbocycles.